The van der Waals surface area contributed by atoms with E-state index in [0.717, 1.165) is 5.56 Å². The summed E-state index contributed by atoms with van der Waals surface area (Å²) in [6.07, 6.45) is 0. The third-order valence-electron chi connectivity index (χ3n) is 5.81. The third-order valence-corrected chi connectivity index (χ3v) is 6.12. The van der Waals surface area contributed by atoms with Crippen LogP contribution in [0.5, 0.6) is 0 Å². The van der Waals surface area contributed by atoms with Crippen molar-refractivity contribution in [3.05, 3.63) is 93.3 Å². The summed E-state index contributed by atoms with van der Waals surface area (Å²) < 4.78 is 18.8. The fraction of sp³-hybridized carbons (Fsp3) is 0.231. The van der Waals surface area contributed by atoms with Crippen LogP contribution in [0.4, 0.5) is 15.8 Å². The molecule has 3 N–H and O–H groups in total. The van der Waals surface area contributed by atoms with Gasteiger partial charge in [0.05, 0.1) is 18.2 Å². The van der Waals surface area contributed by atoms with E-state index in [2.05, 4.69) is 5.32 Å². The summed E-state index contributed by atoms with van der Waals surface area (Å²) >= 11 is 6.48. The molecule has 1 saturated heterocycles. The number of hydrogen-bond acceptors (Lipinski definition) is 5. The minimum Gasteiger partial charge on any atom is -0.378 e. The molecule has 8 heteroatoms. The van der Waals surface area contributed by atoms with Crippen molar-refractivity contribution in [2.75, 3.05) is 31.6 Å². The van der Waals surface area contributed by atoms with Gasteiger partial charge in [-0.25, -0.2) is 4.39 Å². The lowest BCUT2D eigenvalue weighted by Crippen LogP contribution is -2.40. The number of ether oxygens (including phenoxy) is 1. The van der Waals surface area contributed by atoms with Gasteiger partial charge in [0.2, 0.25) is 0 Å². The number of amides is 1. The number of carbonyl (C=O) groups excluding carboxylic acids is 2. The van der Waals surface area contributed by atoms with Crippen molar-refractivity contribution >= 4 is 34.7 Å². The molecule has 0 aromatic heterocycles. The molecular weight excluding hydrogens is 457 g/mol. The fourth-order valence-corrected chi connectivity index (χ4v) is 4.15. The Morgan fingerprint density at radius 1 is 1.06 bits per heavy atom. The Morgan fingerprint density at radius 2 is 1.82 bits per heavy atom. The van der Waals surface area contributed by atoms with Crippen LogP contribution < -0.4 is 11.1 Å². The lowest BCUT2D eigenvalue weighted by molar-refractivity contribution is 0.0303. The van der Waals surface area contributed by atoms with Gasteiger partial charge in [-0.05, 0) is 66.6 Å². The zero-order valence-corrected chi connectivity index (χ0v) is 19.5. The monoisotopic (exact) mass is 481 g/mol. The summed E-state index contributed by atoms with van der Waals surface area (Å²) in [5.41, 5.74) is 9.58. The average molecular weight is 482 g/mol. The zero-order chi connectivity index (χ0) is 24.2. The van der Waals surface area contributed by atoms with Crippen LogP contribution in [-0.4, -0.2) is 42.9 Å². The molecule has 0 bridgehead atoms. The molecule has 0 atom stereocenters. The second-order valence-electron chi connectivity index (χ2n) is 8.09. The van der Waals surface area contributed by atoms with Crippen LogP contribution in [0.1, 0.15) is 37.4 Å². The maximum atomic E-state index is 13.5. The van der Waals surface area contributed by atoms with Crippen molar-refractivity contribution in [1.82, 2.24) is 4.90 Å². The Balaban J connectivity index is 1.58. The van der Waals surface area contributed by atoms with Gasteiger partial charge in [0, 0.05) is 47.7 Å². The molecule has 176 valence electrons. The van der Waals surface area contributed by atoms with Crippen molar-refractivity contribution in [3.8, 4) is 0 Å². The second kappa shape index (κ2) is 10.3. The molecule has 0 aliphatic carbocycles. The Morgan fingerprint density at radius 3 is 2.53 bits per heavy atom. The molecule has 34 heavy (non-hydrogen) atoms. The Bertz CT molecular complexity index is 1240. The largest absolute Gasteiger partial charge is 0.378 e. The predicted octanol–water partition coefficient (Wildman–Crippen LogP) is 4.69. The van der Waals surface area contributed by atoms with E-state index in [4.69, 9.17) is 22.1 Å². The highest BCUT2D eigenvalue weighted by Gasteiger charge is 2.22. The van der Waals surface area contributed by atoms with Crippen LogP contribution in [0.2, 0.25) is 5.02 Å². The van der Waals surface area contributed by atoms with Crippen LogP contribution >= 0.6 is 11.6 Å². The van der Waals surface area contributed by atoms with Gasteiger partial charge in [0.25, 0.3) is 5.91 Å². The van der Waals surface area contributed by atoms with E-state index in [1.807, 2.05) is 6.92 Å². The fourth-order valence-electron chi connectivity index (χ4n) is 3.88. The smallest absolute Gasteiger partial charge is 0.254 e. The lowest BCUT2D eigenvalue weighted by atomic mass is 9.96. The number of nitrogens with two attached hydrogens (primary N) is 1. The highest BCUT2D eigenvalue weighted by molar-refractivity contribution is 6.35. The number of anilines is 2. The number of halogens is 2. The van der Waals surface area contributed by atoms with Gasteiger partial charge >= 0.3 is 0 Å². The summed E-state index contributed by atoms with van der Waals surface area (Å²) in [7, 11) is 0. The van der Waals surface area contributed by atoms with E-state index in [0.29, 0.717) is 59.9 Å². The molecule has 1 aliphatic heterocycles. The van der Waals surface area contributed by atoms with Crippen LogP contribution in [-0.2, 0) is 11.3 Å². The Hall–Kier alpha value is -3.26. The van der Waals surface area contributed by atoms with E-state index in [1.165, 1.54) is 12.1 Å². The molecular formula is C26H25ClFN3O3. The van der Waals surface area contributed by atoms with Gasteiger partial charge in [-0.15, -0.1) is 0 Å². The van der Waals surface area contributed by atoms with Gasteiger partial charge in [-0.2, -0.15) is 0 Å². The summed E-state index contributed by atoms with van der Waals surface area (Å²) in [5, 5.41) is 3.43. The quantitative estimate of drug-likeness (QED) is 0.499. The number of carbonyl (C=O) groups is 2. The van der Waals surface area contributed by atoms with E-state index in [9.17, 15) is 14.0 Å². The molecule has 1 aliphatic rings. The van der Waals surface area contributed by atoms with Gasteiger partial charge in [0.1, 0.15) is 5.82 Å². The minimum absolute atomic E-state index is 0.127. The van der Waals surface area contributed by atoms with E-state index in [-0.39, 0.29) is 29.1 Å². The molecule has 6 nitrogen and oxygen atoms in total. The number of benzene rings is 3. The van der Waals surface area contributed by atoms with Crippen molar-refractivity contribution in [3.63, 3.8) is 0 Å². The molecule has 3 aromatic carbocycles. The molecule has 0 saturated carbocycles. The van der Waals surface area contributed by atoms with Gasteiger partial charge in [-0.1, -0.05) is 17.7 Å². The molecule has 1 fully saturated rings. The molecule has 4 rings (SSSR count). The highest BCUT2D eigenvalue weighted by atomic mass is 35.5. The number of aryl methyl sites for hydroxylation is 1. The van der Waals surface area contributed by atoms with Gasteiger partial charge < -0.3 is 20.7 Å². The number of rotatable bonds is 6. The summed E-state index contributed by atoms with van der Waals surface area (Å²) in [6.45, 7) is 4.05. The zero-order valence-electron chi connectivity index (χ0n) is 18.7. The number of ketones is 1. The van der Waals surface area contributed by atoms with Crippen LogP contribution in [0.3, 0.4) is 0 Å². The normalized spacial score (nSPS) is 13.6. The second-order valence-corrected chi connectivity index (χ2v) is 8.50. The predicted molar refractivity (Wildman–Crippen MR) is 130 cm³/mol. The average Bonchev–Trinajstić information content (AvgIpc) is 2.85. The first kappa shape index (κ1) is 23.9. The maximum absolute atomic E-state index is 13.5. The number of nitrogens with zero attached hydrogens (tertiary/aromatic N) is 1. The molecule has 1 heterocycles. The summed E-state index contributed by atoms with van der Waals surface area (Å²) in [6, 6.07) is 14.4. The highest BCUT2D eigenvalue weighted by Crippen LogP contribution is 2.28. The van der Waals surface area contributed by atoms with Gasteiger partial charge in [0.15, 0.2) is 5.78 Å². The number of hydrogen-bond donors (Lipinski definition) is 2. The first-order valence-corrected chi connectivity index (χ1v) is 11.3. The molecule has 3 aromatic rings. The first-order chi connectivity index (χ1) is 16.4. The Kier molecular flexibility index (Phi) is 7.26. The number of nitrogens with one attached hydrogen (secondary N) is 1. The molecule has 1 amide bonds. The van der Waals surface area contributed by atoms with Crippen molar-refractivity contribution in [2.45, 2.75) is 13.5 Å². The lowest BCUT2D eigenvalue weighted by Gasteiger charge is -2.27. The van der Waals surface area contributed by atoms with Crippen LogP contribution in [0.25, 0.3) is 0 Å². The van der Waals surface area contributed by atoms with E-state index in [1.54, 1.807) is 47.4 Å². The minimum atomic E-state index is -0.366. The number of morpholine rings is 1. The topological polar surface area (TPSA) is 84.7 Å². The third kappa shape index (κ3) is 5.12. The molecule has 0 radical (unpaired) electrons. The van der Waals surface area contributed by atoms with Crippen LogP contribution in [0.15, 0.2) is 54.6 Å². The van der Waals surface area contributed by atoms with Crippen molar-refractivity contribution < 1.29 is 18.7 Å². The van der Waals surface area contributed by atoms with Crippen molar-refractivity contribution in [1.29, 1.82) is 0 Å². The molecule has 0 spiro atoms. The SMILES string of the molecule is Cc1ccc(C(=O)N2CCOCC2)cc1C(=O)c1ccc(Nc2ccc(F)cc2CN)cc1Cl. The standard InChI is InChI=1S/C26H25ClFN3O3/c1-16-2-3-17(26(33)31-8-10-34-11-9-31)13-22(16)25(32)21-6-5-20(14-23(21)27)30-24-7-4-19(28)12-18(24)15-29/h2-7,12-14,30H,8-11,15,29H2,1H3. The van der Waals surface area contributed by atoms with Crippen molar-refractivity contribution in [2.24, 2.45) is 5.73 Å². The van der Waals surface area contributed by atoms with Gasteiger partial charge in [-0.3, -0.25) is 9.59 Å². The molecule has 0 unspecified atom stereocenters. The summed E-state index contributed by atoms with van der Waals surface area (Å²) in [5.74, 6) is -0.761. The van der Waals surface area contributed by atoms with Crippen LogP contribution in [0, 0.1) is 12.7 Å². The maximum Gasteiger partial charge on any atom is 0.254 e. The van der Waals surface area contributed by atoms with E-state index >= 15 is 0 Å². The summed E-state index contributed by atoms with van der Waals surface area (Å²) in [4.78, 5) is 27.9. The Labute approximate surface area is 202 Å². The first-order valence-electron chi connectivity index (χ1n) is 10.9. The van der Waals surface area contributed by atoms with E-state index < -0.39 is 0 Å².